The van der Waals surface area contributed by atoms with Crippen LogP contribution in [0.3, 0.4) is 0 Å². The van der Waals surface area contributed by atoms with Crippen molar-refractivity contribution < 1.29 is 23.4 Å². The van der Waals surface area contributed by atoms with Crippen LogP contribution >= 0.6 is 0 Å². The second kappa shape index (κ2) is 5.06. The number of halogens is 2. The van der Waals surface area contributed by atoms with Crippen molar-refractivity contribution in [2.75, 3.05) is 0 Å². The minimum atomic E-state index is -4.23. The quantitative estimate of drug-likeness (QED) is 0.920. The Morgan fingerprint density at radius 2 is 1.47 bits per heavy atom. The summed E-state index contributed by atoms with van der Waals surface area (Å²) in [5.74, 6) is -2.52. The highest BCUT2D eigenvalue weighted by molar-refractivity contribution is 5.74. The van der Waals surface area contributed by atoms with Crippen molar-refractivity contribution in [3.8, 4) is 16.9 Å². The number of ether oxygens (including phenoxy) is 1. The number of rotatable bonds is 4. The third-order valence-corrected chi connectivity index (χ3v) is 2.46. The van der Waals surface area contributed by atoms with E-state index in [4.69, 9.17) is 5.11 Å². The molecule has 0 aliphatic heterocycles. The molecule has 0 radical (unpaired) electrons. The summed E-state index contributed by atoms with van der Waals surface area (Å²) < 4.78 is 29.8. The Morgan fingerprint density at radius 1 is 0.947 bits per heavy atom. The first kappa shape index (κ1) is 13.0. The number of hydrogen-bond donors (Lipinski definition) is 1. The molecule has 2 aromatic rings. The Hall–Kier alpha value is -2.43. The van der Waals surface area contributed by atoms with Gasteiger partial charge in [-0.2, -0.15) is 8.78 Å². The van der Waals surface area contributed by atoms with Gasteiger partial charge in [-0.3, -0.25) is 0 Å². The van der Waals surface area contributed by atoms with Crippen LogP contribution in [0.25, 0.3) is 11.1 Å². The molecule has 0 aromatic heterocycles. The van der Waals surface area contributed by atoms with Gasteiger partial charge in [0.05, 0.1) is 0 Å². The predicted octanol–water partition coefficient (Wildman–Crippen LogP) is 3.41. The molecule has 2 rings (SSSR count). The van der Waals surface area contributed by atoms with Crippen molar-refractivity contribution in [3.05, 3.63) is 54.6 Å². The van der Waals surface area contributed by atoms with Crippen LogP contribution < -0.4 is 4.74 Å². The molecule has 0 unspecified atom stereocenters. The molecule has 0 saturated carbocycles. The van der Waals surface area contributed by atoms with E-state index in [0.29, 0.717) is 0 Å². The normalized spacial score (nSPS) is 11.1. The molecule has 2 aromatic carbocycles. The van der Waals surface area contributed by atoms with E-state index in [9.17, 15) is 13.6 Å². The van der Waals surface area contributed by atoms with Gasteiger partial charge < -0.3 is 9.84 Å². The molecule has 0 amide bonds. The highest BCUT2D eigenvalue weighted by atomic mass is 19.3. The van der Waals surface area contributed by atoms with Crippen molar-refractivity contribution >= 4 is 5.97 Å². The second-order valence-electron chi connectivity index (χ2n) is 3.81. The molecule has 0 fully saturated rings. The van der Waals surface area contributed by atoms with Crippen LogP contribution in [0.5, 0.6) is 5.75 Å². The van der Waals surface area contributed by atoms with Crippen LogP contribution in [0.1, 0.15) is 0 Å². The summed E-state index contributed by atoms with van der Waals surface area (Å²) in [5, 5.41) is 8.26. The second-order valence-corrected chi connectivity index (χ2v) is 3.81. The van der Waals surface area contributed by atoms with Gasteiger partial charge in [0, 0.05) is 0 Å². The first-order valence-corrected chi connectivity index (χ1v) is 5.45. The van der Waals surface area contributed by atoms with Gasteiger partial charge in [0.15, 0.2) is 0 Å². The Kier molecular flexibility index (Phi) is 3.46. The molecule has 19 heavy (non-hydrogen) atoms. The largest absolute Gasteiger partial charge is 0.501 e. The lowest BCUT2D eigenvalue weighted by Crippen LogP contribution is -2.34. The van der Waals surface area contributed by atoms with Crippen molar-refractivity contribution in [2.24, 2.45) is 0 Å². The molecule has 0 spiro atoms. The van der Waals surface area contributed by atoms with E-state index in [1.54, 1.807) is 12.1 Å². The molecule has 0 saturated heterocycles. The van der Waals surface area contributed by atoms with E-state index in [0.717, 1.165) is 11.1 Å². The van der Waals surface area contributed by atoms with E-state index in [1.165, 1.54) is 12.1 Å². The first-order chi connectivity index (χ1) is 8.99. The van der Waals surface area contributed by atoms with Crippen molar-refractivity contribution in [2.45, 2.75) is 6.11 Å². The average Bonchev–Trinajstić information content (AvgIpc) is 2.40. The fourth-order valence-corrected chi connectivity index (χ4v) is 1.54. The zero-order chi connectivity index (χ0) is 13.9. The van der Waals surface area contributed by atoms with Crippen molar-refractivity contribution in [3.63, 3.8) is 0 Å². The number of alkyl halides is 2. The van der Waals surface area contributed by atoms with E-state index < -0.39 is 12.1 Å². The lowest BCUT2D eigenvalue weighted by Gasteiger charge is -2.13. The minimum Gasteiger partial charge on any atom is -0.474 e. The SMILES string of the molecule is O=C(O)C(F)(F)Oc1ccc(-c2ccccc2)cc1. The molecule has 1 N–H and O–H groups in total. The Morgan fingerprint density at radius 3 is 2.00 bits per heavy atom. The lowest BCUT2D eigenvalue weighted by molar-refractivity contribution is -0.210. The maximum absolute atomic E-state index is 12.8. The molecule has 0 aliphatic rings. The summed E-state index contributed by atoms with van der Waals surface area (Å²) in [6, 6.07) is 15.1. The zero-order valence-corrected chi connectivity index (χ0v) is 9.72. The van der Waals surface area contributed by atoms with Gasteiger partial charge in [0.1, 0.15) is 5.75 Å². The standard InChI is InChI=1S/C14H10F2O3/c15-14(16,13(17)18)19-12-8-6-11(7-9-12)10-4-2-1-3-5-10/h1-9H,(H,17,18). The Labute approximate surface area is 108 Å². The lowest BCUT2D eigenvalue weighted by atomic mass is 10.1. The van der Waals surface area contributed by atoms with E-state index in [-0.39, 0.29) is 5.75 Å². The summed E-state index contributed by atoms with van der Waals surface area (Å²) in [6.07, 6.45) is -4.23. The van der Waals surface area contributed by atoms with Gasteiger partial charge in [-0.15, -0.1) is 0 Å². The highest BCUT2D eigenvalue weighted by Gasteiger charge is 2.42. The summed E-state index contributed by atoms with van der Waals surface area (Å²) in [4.78, 5) is 10.2. The molecule has 0 heterocycles. The Balaban J connectivity index is 2.18. The van der Waals surface area contributed by atoms with Crippen LogP contribution in [-0.2, 0) is 4.79 Å². The third-order valence-electron chi connectivity index (χ3n) is 2.46. The monoisotopic (exact) mass is 264 g/mol. The molecular weight excluding hydrogens is 254 g/mol. The molecule has 0 bridgehead atoms. The fraction of sp³-hybridized carbons (Fsp3) is 0.0714. The predicted molar refractivity (Wildman–Crippen MR) is 65.1 cm³/mol. The number of hydrogen-bond acceptors (Lipinski definition) is 2. The summed E-state index contributed by atoms with van der Waals surface area (Å²) in [6.45, 7) is 0. The molecular formula is C14H10F2O3. The molecule has 0 aliphatic carbocycles. The van der Waals surface area contributed by atoms with Gasteiger partial charge in [-0.1, -0.05) is 42.5 Å². The maximum atomic E-state index is 12.8. The highest BCUT2D eigenvalue weighted by Crippen LogP contribution is 2.25. The Bertz CT molecular complexity index is 565. The van der Waals surface area contributed by atoms with Crippen LogP contribution in [0, 0.1) is 0 Å². The van der Waals surface area contributed by atoms with Crippen LogP contribution in [0.4, 0.5) is 8.78 Å². The number of carbonyl (C=O) groups is 1. The van der Waals surface area contributed by atoms with Crippen molar-refractivity contribution in [1.82, 2.24) is 0 Å². The van der Waals surface area contributed by atoms with Crippen LogP contribution in [0.15, 0.2) is 54.6 Å². The van der Waals surface area contributed by atoms with E-state index >= 15 is 0 Å². The summed E-state index contributed by atoms with van der Waals surface area (Å²) in [7, 11) is 0. The number of aliphatic carboxylic acids is 1. The first-order valence-electron chi connectivity index (χ1n) is 5.45. The molecule has 5 heteroatoms. The molecule has 0 atom stereocenters. The fourth-order valence-electron chi connectivity index (χ4n) is 1.54. The molecule has 3 nitrogen and oxygen atoms in total. The summed E-state index contributed by atoms with van der Waals surface area (Å²) >= 11 is 0. The van der Waals surface area contributed by atoms with Gasteiger partial charge in [0.2, 0.25) is 0 Å². The van der Waals surface area contributed by atoms with Gasteiger partial charge in [-0.25, -0.2) is 4.79 Å². The number of benzene rings is 2. The van der Waals surface area contributed by atoms with E-state index in [2.05, 4.69) is 4.74 Å². The van der Waals surface area contributed by atoms with Gasteiger partial charge in [-0.05, 0) is 23.3 Å². The van der Waals surface area contributed by atoms with Gasteiger partial charge >= 0.3 is 12.1 Å². The van der Waals surface area contributed by atoms with Crippen LogP contribution in [0.2, 0.25) is 0 Å². The van der Waals surface area contributed by atoms with Crippen molar-refractivity contribution in [1.29, 1.82) is 0 Å². The van der Waals surface area contributed by atoms with Gasteiger partial charge in [0.25, 0.3) is 0 Å². The van der Waals surface area contributed by atoms with E-state index in [1.807, 2.05) is 30.3 Å². The average molecular weight is 264 g/mol. The maximum Gasteiger partial charge on any atom is 0.501 e. The topological polar surface area (TPSA) is 46.5 Å². The number of carboxylic acids is 1. The zero-order valence-electron chi connectivity index (χ0n) is 9.72. The summed E-state index contributed by atoms with van der Waals surface area (Å²) in [5.41, 5.74) is 1.76. The smallest absolute Gasteiger partial charge is 0.474 e. The molecule has 98 valence electrons. The minimum absolute atomic E-state index is 0.202. The van der Waals surface area contributed by atoms with Crippen LogP contribution in [-0.4, -0.2) is 17.2 Å². The number of carboxylic acid groups (broad SMARTS) is 1. The third kappa shape index (κ3) is 3.07.